The lowest BCUT2D eigenvalue weighted by atomic mass is 9.84. The van der Waals surface area contributed by atoms with E-state index < -0.39 is 7.05 Å². The number of nitrogens with zero attached hydrogens (tertiary/aromatic N) is 4. The van der Waals surface area contributed by atoms with Gasteiger partial charge >= 0.3 is 7.05 Å². The molecule has 0 saturated carbocycles. The fraction of sp³-hybridized carbons (Fsp3) is 0.667. The van der Waals surface area contributed by atoms with Crippen molar-refractivity contribution in [3.63, 3.8) is 0 Å². The SMILES string of the molecule is CB(O)N1CCCN=C1NC(=O)CCCCCC[C@@H](CC(C)=O)c1cnc(C)nc1. The van der Waals surface area contributed by atoms with E-state index in [1.165, 1.54) is 0 Å². The second-order valence-corrected chi connectivity index (χ2v) is 8.05. The molecule has 0 spiro atoms. The Bertz CT molecular complexity index is 724. The summed E-state index contributed by atoms with van der Waals surface area (Å²) in [6.07, 6.45) is 10.2. The number of guanidine groups is 1. The van der Waals surface area contributed by atoms with Crippen LogP contribution in [0.5, 0.6) is 0 Å². The highest BCUT2D eigenvalue weighted by molar-refractivity contribution is 6.49. The number of aryl methyl sites for hydroxylation is 1. The lowest BCUT2D eigenvalue weighted by molar-refractivity contribution is -0.120. The van der Waals surface area contributed by atoms with Gasteiger partial charge in [-0.15, -0.1) is 0 Å². The van der Waals surface area contributed by atoms with Crippen molar-refractivity contribution in [2.75, 3.05) is 13.1 Å². The summed E-state index contributed by atoms with van der Waals surface area (Å²) in [4.78, 5) is 38.4. The standard InChI is InChI=1S/C21H34BN5O3/c1-16(28)13-18(19-14-24-17(2)25-15-19)9-6-4-5-7-10-20(29)26-21-23-11-8-12-27(21)22(3)30/h14-15,18,30H,4-13H2,1-3H3,(H,23,26,29)/t18-/m0/s1. The van der Waals surface area contributed by atoms with E-state index in [1.54, 1.807) is 18.6 Å². The predicted molar refractivity (Wildman–Crippen MR) is 118 cm³/mol. The molecule has 0 aliphatic carbocycles. The molecule has 164 valence electrons. The molecule has 8 nitrogen and oxygen atoms in total. The Balaban J connectivity index is 1.68. The number of Topliss-reactive ketones (excluding diaryl/α,β-unsaturated/α-hetero) is 1. The van der Waals surface area contributed by atoms with Gasteiger partial charge in [0.1, 0.15) is 11.6 Å². The van der Waals surface area contributed by atoms with Crippen molar-refractivity contribution < 1.29 is 14.6 Å². The lowest BCUT2D eigenvalue weighted by Gasteiger charge is -2.30. The van der Waals surface area contributed by atoms with Crippen LogP contribution in [0.25, 0.3) is 0 Å². The van der Waals surface area contributed by atoms with Crippen LogP contribution >= 0.6 is 0 Å². The molecule has 9 heteroatoms. The largest absolute Gasteiger partial charge is 0.432 e. The second kappa shape index (κ2) is 12.4. The molecular formula is C21H34BN5O3. The number of hydrogen-bond acceptors (Lipinski definition) is 7. The maximum absolute atomic E-state index is 12.2. The Morgan fingerprint density at radius 1 is 1.23 bits per heavy atom. The molecule has 0 fully saturated rings. The first-order valence-electron chi connectivity index (χ1n) is 10.9. The van der Waals surface area contributed by atoms with Crippen LogP contribution in [0.4, 0.5) is 0 Å². The summed E-state index contributed by atoms with van der Waals surface area (Å²) in [7, 11) is -0.661. The number of carbonyl (C=O) groups excluding carboxylic acids is 2. The molecule has 1 aromatic heterocycles. The van der Waals surface area contributed by atoms with Gasteiger partial charge in [-0.3, -0.25) is 15.1 Å². The van der Waals surface area contributed by atoms with Gasteiger partial charge in [-0.25, -0.2) is 9.97 Å². The van der Waals surface area contributed by atoms with Crippen LogP contribution in [0, 0.1) is 6.92 Å². The molecule has 2 rings (SSSR count). The van der Waals surface area contributed by atoms with E-state index in [2.05, 4.69) is 20.3 Å². The lowest BCUT2D eigenvalue weighted by Crippen LogP contribution is -2.52. The van der Waals surface area contributed by atoms with Crippen molar-refractivity contribution in [1.29, 1.82) is 0 Å². The summed E-state index contributed by atoms with van der Waals surface area (Å²) in [6.45, 7) is 6.52. The molecule has 1 aliphatic rings. The molecule has 0 radical (unpaired) electrons. The Kier molecular flexibility index (Phi) is 9.93. The maximum atomic E-state index is 12.2. The smallest absolute Gasteiger partial charge is 0.411 e. The number of carbonyl (C=O) groups is 2. The van der Waals surface area contributed by atoms with Gasteiger partial charge in [0.15, 0.2) is 5.96 Å². The number of aliphatic imine (C=N–C) groups is 1. The molecule has 2 N–H and O–H groups in total. The molecule has 0 unspecified atom stereocenters. The number of aromatic nitrogens is 2. The van der Waals surface area contributed by atoms with E-state index in [-0.39, 0.29) is 17.6 Å². The summed E-state index contributed by atoms with van der Waals surface area (Å²) in [6, 6.07) is 0. The number of unbranched alkanes of at least 4 members (excludes halogenated alkanes) is 3. The predicted octanol–water partition coefficient (Wildman–Crippen LogP) is 2.48. The second-order valence-electron chi connectivity index (χ2n) is 8.05. The maximum Gasteiger partial charge on any atom is 0.411 e. The van der Waals surface area contributed by atoms with Gasteiger partial charge < -0.3 is 14.6 Å². The minimum Gasteiger partial charge on any atom is -0.432 e. The Hall–Kier alpha value is -2.29. The summed E-state index contributed by atoms with van der Waals surface area (Å²) >= 11 is 0. The third-order valence-corrected chi connectivity index (χ3v) is 5.31. The Morgan fingerprint density at radius 2 is 1.93 bits per heavy atom. The monoisotopic (exact) mass is 415 g/mol. The average Bonchev–Trinajstić information content (AvgIpc) is 2.70. The van der Waals surface area contributed by atoms with Crippen LogP contribution < -0.4 is 5.32 Å². The number of hydrogen-bond donors (Lipinski definition) is 2. The van der Waals surface area contributed by atoms with Gasteiger partial charge in [0.05, 0.1) is 0 Å². The van der Waals surface area contributed by atoms with Crippen LogP contribution in [0.2, 0.25) is 6.82 Å². The zero-order valence-electron chi connectivity index (χ0n) is 18.4. The Morgan fingerprint density at radius 3 is 2.60 bits per heavy atom. The van der Waals surface area contributed by atoms with Crippen molar-refractivity contribution >= 4 is 24.7 Å². The summed E-state index contributed by atoms with van der Waals surface area (Å²) in [5, 5.41) is 12.6. The number of rotatable bonds is 11. The molecule has 0 bridgehead atoms. The van der Waals surface area contributed by atoms with Crippen LogP contribution in [0.15, 0.2) is 17.4 Å². The third kappa shape index (κ3) is 8.22. The molecule has 1 aromatic rings. The highest BCUT2D eigenvalue weighted by Gasteiger charge is 2.24. The zero-order chi connectivity index (χ0) is 21.9. The van der Waals surface area contributed by atoms with Crippen molar-refractivity contribution in [2.45, 2.75) is 78.0 Å². The molecule has 1 atom stereocenters. The first-order chi connectivity index (χ1) is 14.4. The molecule has 0 saturated heterocycles. The van der Waals surface area contributed by atoms with Gasteiger partial charge in [-0.05, 0) is 51.4 Å². The molecule has 2 heterocycles. The number of ketones is 1. The molecule has 30 heavy (non-hydrogen) atoms. The van der Waals surface area contributed by atoms with Crippen molar-refractivity contribution in [1.82, 2.24) is 20.1 Å². The van der Waals surface area contributed by atoms with Crippen LogP contribution in [-0.2, 0) is 9.59 Å². The highest BCUT2D eigenvalue weighted by Crippen LogP contribution is 2.25. The zero-order valence-corrected chi connectivity index (χ0v) is 18.4. The van der Waals surface area contributed by atoms with E-state index in [4.69, 9.17) is 0 Å². The van der Waals surface area contributed by atoms with E-state index in [9.17, 15) is 14.6 Å². The van der Waals surface area contributed by atoms with Gasteiger partial charge in [-0.2, -0.15) is 0 Å². The van der Waals surface area contributed by atoms with Gasteiger partial charge in [0.2, 0.25) is 5.91 Å². The van der Waals surface area contributed by atoms with Crippen molar-refractivity contribution in [3.05, 3.63) is 23.8 Å². The van der Waals surface area contributed by atoms with E-state index >= 15 is 0 Å². The van der Waals surface area contributed by atoms with Gasteiger partial charge in [0, 0.05) is 38.3 Å². The number of nitrogens with one attached hydrogen (secondary N) is 1. The number of amides is 1. The summed E-state index contributed by atoms with van der Waals surface area (Å²) in [5.41, 5.74) is 1.02. The third-order valence-electron chi connectivity index (χ3n) is 5.31. The van der Waals surface area contributed by atoms with Crippen LogP contribution in [-0.4, -0.2) is 57.6 Å². The van der Waals surface area contributed by atoms with E-state index in [1.807, 2.05) is 19.3 Å². The first kappa shape index (κ1) is 24.0. The minimum atomic E-state index is -0.661. The molecule has 1 amide bonds. The normalized spacial score (nSPS) is 14.8. The van der Waals surface area contributed by atoms with E-state index in [0.717, 1.165) is 49.9 Å². The Labute approximate surface area is 179 Å². The fourth-order valence-corrected chi connectivity index (χ4v) is 3.66. The molecule has 1 aliphatic heterocycles. The van der Waals surface area contributed by atoms with Crippen molar-refractivity contribution in [2.24, 2.45) is 4.99 Å². The van der Waals surface area contributed by atoms with Crippen molar-refractivity contribution in [3.8, 4) is 0 Å². The summed E-state index contributed by atoms with van der Waals surface area (Å²) in [5.74, 6) is 1.48. The summed E-state index contributed by atoms with van der Waals surface area (Å²) < 4.78 is 0. The first-order valence-corrected chi connectivity index (χ1v) is 10.9. The van der Waals surface area contributed by atoms with E-state index in [0.29, 0.717) is 31.9 Å². The highest BCUT2D eigenvalue weighted by atomic mass is 16.2. The van der Waals surface area contributed by atoms with Gasteiger partial charge in [-0.1, -0.05) is 19.3 Å². The topological polar surface area (TPSA) is 108 Å². The van der Waals surface area contributed by atoms with Crippen LogP contribution in [0.1, 0.15) is 75.6 Å². The minimum absolute atomic E-state index is 0.0624. The fourth-order valence-electron chi connectivity index (χ4n) is 3.66. The van der Waals surface area contributed by atoms with Crippen LogP contribution in [0.3, 0.4) is 0 Å². The van der Waals surface area contributed by atoms with Gasteiger partial charge in [0.25, 0.3) is 0 Å². The quantitative estimate of drug-likeness (QED) is 0.425. The molecule has 0 aromatic carbocycles. The molecular weight excluding hydrogens is 381 g/mol. The average molecular weight is 415 g/mol.